The van der Waals surface area contributed by atoms with Gasteiger partial charge in [-0.2, -0.15) is 0 Å². The van der Waals surface area contributed by atoms with Crippen molar-refractivity contribution in [2.45, 2.75) is 32.9 Å². The summed E-state index contributed by atoms with van der Waals surface area (Å²) in [6.07, 6.45) is 0.764. The molecule has 0 aliphatic heterocycles. The Balaban J connectivity index is 2.02. The van der Waals surface area contributed by atoms with Crippen molar-refractivity contribution in [2.24, 2.45) is 5.92 Å². The normalized spacial score (nSPS) is 12.9. The third-order valence-electron chi connectivity index (χ3n) is 4.01. The largest absolute Gasteiger partial charge is 0.459 e. The second-order valence-electron chi connectivity index (χ2n) is 5.80. The highest BCUT2D eigenvalue weighted by Gasteiger charge is 2.27. The van der Waals surface area contributed by atoms with Gasteiger partial charge in [0.15, 0.2) is 0 Å². The van der Waals surface area contributed by atoms with E-state index in [0.717, 1.165) is 12.0 Å². The van der Waals surface area contributed by atoms with Crippen molar-refractivity contribution in [2.75, 3.05) is 0 Å². The fraction of sp³-hybridized carbons (Fsp3) is 0.300. The summed E-state index contributed by atoms with van der Waals surface area (Å²) >= 11 is 0. The van der Waals surface area contributed by atoms with Crippen molar-refractivity contribution in [3.63, 3.8) is 0 Å². The average molecular weight is 325 g/mol. The Kier molecular flexibility index (Phi) is 6.55. The zero-order chi connectivity index (χ0) is 17.4. The molecule has 24 heavy (non-hydrogen) atoms. The number of esters is 1. The van der Waals surface area contributed by atoms with Crippen molar-refractivity contribution in [1.82, 2.24) is 5.32 Å². The van der Waals surface area contributed by atoms with E-state index in [9.17, 15) is 9.59 Å². The summed E-state index contributed by atoms with van der Waals surface area (Å²) < 4.78 is 5.40. The van der Waals surface area contributed by atoms with E-state index in [2.05, 4.69) is 5.32 Å². The van der Waals surface area contributed by atoms with Crippen LogP contribution >= 0.6 is 0 Å². The van der Waals surface area contributed by atoms with E-state index in [1.54, 1.807) is 24.3 Å². The fourth-order valence-corrected chi connectivity index (χ4v) is 2.30. The highest BCUT2D eigenvalue weighted by Crippen LogP contribution is 2.12. The molecule has 0 bridgehead atoms. The lowest BCUT2D eigenvalue weighted by Gasteiger charge is -2.22. The van der Waals surface area contributed by atoms with Gasteiger partial charge in [-0.3, -0.25) is 4.79 Å². The Morgan fingerprint density at radius 2 is 1.58 bits per heavy atom. The van der Waals surface area contributed by atoms with E-state index >= 15 is 0 Å². The van der Waals surface area contributed by atoms with E-state index in [1.165, 1.54) is 0 Å². The summed E-state index contributed by atoms with van der Waals surface area (Å²) in [5, 5.41) is 2.81. The van der Waals surface area contributed by atoms with Gasteiger partial charge >= 0.3 is 5.97 Å². The molecule has 0 unspecified atom stereocenters. The van der Waals surface area contributed by atoms with Gasteiger partial charge < -0.3 is 10.1 Å². The van der Waals surface area contributed by atoms with Crippen molar-refractivity contribution in [1.29, 1.82) is 0 Å². The average Bonchev–Trinajstić information content (AvgIpc) is 2.65. The van der Waals surface area contributed by atoms with Crippen LogP contribution in [0.2, 0.25) is 0 Å². The molecule has 2 rings (SSSR count). The van der Waals surface area contributed by atoms with E-state index in [1.807, 2.05) is 50.2 Å². The first-order valence-corrected chi connectivity index (χ1v) is 8.18. The highest BCUT2D eigenvalue weighted by molar-refractivity contribution is 5.96. The molecule has 0 aromatic heterocycles. The Morgan fingerprint density at radius 3 is 2.17 bits per heavy atom. The van der Waals surface area contributed by atoms with E-state index < -0.39 is 12.0 Å². The molecule has 2 aromatic carbocycles. The number of benzene rings is 2. The summed E-state index contributed by atoms with van der Waals surface area (Å²) in [6.45, 7) is 4.12. The summed E-state index contributed by atoms with van der Waals surface area (Å²) in [5.74, 6) is -0.684. The third-order valence-corrected chi connectivity index (χ3v) is 4.01. The molecule has 0 saturated heterocycles. The topological polar surface area (TPSA) is 55.4 Å². The van der Waals surface area contributed by atoms with Gasteiger partial charge in [0.1, 0.15) is 12.6 Å². The molecule has 1 N–H and O–H groups in total. The summed E-state index contributed by atoms with van der Waals surface area (Å²) in [4.78, 5) is 24.8. The molecule has 4 heteroatoms. The fourth-order valence-electron chi connectivity index (χ4n) is 2.30. The number of hydrogen-bond acceptors (Lipinski definition) is 3. The van der Waals surface area contributed by atoms with Gasteiger partial charge in [-0.1, -0.05) is 68.8 Å². The summed E-state index contributed by atoms with van der Waals surface area (Å²) in [6, 6.07) is 17.7. The van der Waals surface area contributed by atoms with Crippen molar-refractivity contribution < 1.29 is 14.3 Å². The van der Waals surface area contributed by atoms with Crippen LogP contribution in [0.5, 0.6) is 0 Å². The maximum atomic E-state index is 12.4. The Labute approximate surface area is 142 Å². The predicted molar refractivity (Wildman–Crippen MR) is 93.4 cm³/mol. The molecule has 2 atom stereocenters. The maximum Gasteiger partial charge on any atom is 0.329 e. The molecule has 2 aromatic rings. The zero-order valence-corrected chi connectivity index (χ0v) is 14.1. The minimum atomic E-state index is -0.661. The Bertz CT molecular complexity index is 655. The summed E-state index contributed by atoms with van der Waals surface area (Å²) in [7, 11) is 0. The van der Waals surface area contributed by atoms with Gasteiger partial charge in [-0.25, -0.2) is 4.79 Å². The molecule has 1 amide bonds. The van der Waals surface area contributed by atoms with Crippen LogP contribution in [-0.2, 0) is 16.1 Å². The number of hydrogen-bond donors (Lipinski definition) is 1. The van der Waals surface area contributed by atoms with Crippen LogP contribution < -0.4 is 5.32 Å². The monoisotopic (exact) mass is 325 g/mol. The van der Waals surface area contributed by atoms with Crippen LogP contribution in [0.1, 0.15) is 36.2 Å². The minimum Gasteiger partial charge on any atom is -0.459 e. The van der Waals surface area contributed by atoms with E-state index in [0.29, 0.717) is 5.56 Å². The standard InChI is InChI=1S/C20H23NO3/c1-3-15(2)18(21-19(22)17-12-8-5-9-13-17)20(23)24-14-16-10-6-4-7-11-16/h4-13,15,18H,3,14H2,1-2H3,(H,21,22)/t15-,18-/m0/s1. The van der Waals surface area contributed by atoms with Gasteiger partial charge in [0.25, 0.3) is 5.91 Å². The van der Waals surface area contributed by atoms with E-state index in [-0.39, 0.29) is 18.4 Å². The maximum absolute atomic E-state index is 12.4. The van der Waals surface area contributed by atoms with Crippen LogP contribution in [0.25, 0.3) is 0 Å². The first-order chi connectivity index (χ1) is 11.6. The van der Waals surface area contributed by atoms with Crippen molar-refractivity contribution in [3.8, 4) is 0 Å². The van der Waals surface area contributed by atoms with Crippen LogP contribution in [0.3, 0.4) is 0 Å². The van der Waals surface area contributed by atoms with Gasteiger partial charge in [0.2, 0.25) is 0 Å². The second kappa shape index (κ2) is 8.87. The van der Waals surface area contributed by atoms with Crippen molar-refractivity contribution >= 4 is 11.9 Å². The number of ether oxygens (including phenoxy) is 1. The van der Waals surface area contributed by atoms with Crippen molar-refractivity contribution in [3.05, 3.63) is 71.8 Å². The molecule has 0 saturated carbocycles. The zero-order valence-electron chi connectivity index (χ0n) is 14.1. The molecule has 0 radical (unpaired) electrons. The lowest BCUT2D eigenvalue weighted by atomic mass is 9.98. The molecule has 0 heterocycles. The number of nitrogens with one attached hydrogen (secondary N) is 1. The van der Waals surface area contributed by atoms with Gasteiger partial charge in [-0.05, 0) is 23.6 Å². The third kappa shape index (κ3) is 4.95. The lowest BCUT2D eigenvalue weighted by Crippen LogP contribution is -2.45. The van der Waals surface area contributed by atoms with Gasteiger partial charge in [-0.15, -0.1) is 0 Å². The number of carbonyl (C=O) groups is 2. The molecular formula is C20H23NO3. The number of carbonyl (C=O) groups excluding carboxylic acids is 2. The van der Waals surface area contributed by atoms with Gasteiger partial charge in [0, 0.05) is 5.56 Å². The second-order valence-corrected chi connectivity index (χ2v) is 5.80. The molecule has 0 fully saturated rings. The van der Waals surface area contributed by atoms with Crippen LogP contribution in [-0.4, -0.2) is 17.9 Å². The molecule has 126 valence electrons. The molecule has 4 nitrogen and oxygen atoms in total. The van der Waals surface area contributed by atoms with Gasteiger partial charge in [0.05, 0.1) is 0 Å². The Morgan fingerprint density at radius 1 is 1.00 bits per heavy atom. The molecule has 0 spiro atoms. The first-order valence-electron chi connectivity index (χ1n) is 8.18. The smallest absolute Gasteiger partial charge is 0.329 e. The summed E-state index contributed by atoms with van der Waals surface area (Å²) in [5.41, 5.74) is 1.45. The van der Waals surface area contributed by atoms with Crippen LogP contribution in [0.15, 0.2) is 60.7 Å². The Hall–Kier alpha value is -2.62. The predicted octanol–water partition coefficient (Wildman–Crippen LogP) is 3.57. The van der Waals surface area contributed by atoms with Crippen LogP contribution in [0, 0.1) is 5.92 Å². The van der Waals surface area contributed by atoms with E-state index in [4.69, 9.17) is 4.74 Å². The molecule has 0 aliphatic carbocycles. The SMILES string of the molecule is CC[C@H](C)[C@H](NC(=O)c1ccccc1)C(=O)OCc1ccccc1. The highest BCUT2D eigenvalue weighted by atomic mass is 16.5. The molecular weight excluding hydrogens is 302 g/mol. The minimum absolute atomic E-state index is 0.0130. The lowest BCUT2D eigenvalue weighted by molar-refractivity contribution is -0.148. The van der Waals surface area contributed by atoms with Crippen LogP contribution in [0.4, 0.5) is 0 Å². The first kappa shape index (κ1) is 17.7. The molecule has 0 aliphatic rings. The quantitative estimate of drug-likeness (QED) is 0.792. The number of amides is 1. The number of rotatable bonds is 7.